The first-order valence-electron chi connectivity index (χ1n) is 8.32. The van der Waals surface area contributed by atoms with Gasteiger partial charge in [-0.15, -0.1) is 0 Å². The average Bonchev–Trinajstić information content (AvgIpc) is 2.69. The SMILES string of the molecule is COc1ccccc1C(C#N)(c1cccc2ccccc12)C(C)C(=O)O. The van der Waals surface area contributed by atoms with Crippen molar-refractivity contribution in [2.24, 2.45) is 5.92 Å². The fourth-order valence-corrected chi connectivity index (χ4v) is 3.55. The molecule has 0 radical (unpaired) electrons. The second kappa shape index (κ2) is 6.89. The molecule has 0 aromatic heterocycles. The number of rotatable bonds is 5. The monoisotopic (exact) mass is 345 g/mol. The van der Waals surface area contributed by atoms with E-state index in [1.54, 1.807) is 31.2 Å². The van der Waals surface area contributed by atoms with E-state index in [1.165, 1.54) is 7.11 Å². The Kier molecular flexibility index (Phi) is 4.64. The fourth-order valence-electron chi connectivity index (χ4n) is 3.55. The number of para-hydroxylation sites is 1. The van der Waals surface area contributed by atoms with E-state index in [4.69, 9.17) is 4.74 Å². The van der Waals surface area contributed by atoms with Crippen LogP contribution in [-0.4, -0.2) is 18.2 Å². The van der Waals surface area contributed by atoms with Crippen LogP contribution in [0.15, 0.2) is 66.7 Å². The lowest BCUT2D eigenvalue weighted by Gasteiger charge is -2.33. The summed E-state index contributed by atoms with van der Waals surface area (Å²) in [5, 5.41) is 21.9. The molecular weight excluding hydrogens is 326 g/mol. The number of benzene rings is 3. The first-order chi connectivity index (χ1) is 12.6. The molecule has 130 valence electrons. The molecule has 26 heavy (non-hydrogen) atoms. The number of hydrogen-bond donors (Lipinski definition) is 1. The lowest BCUT2D eigenvalue weighted by molar-refractivity contribution is -0.142. The molecule has 0 aliphatic heterocycles. The first kappa shape index (κ1) is 17.5. The van der Waals surface area contributed by atoms with E-state index in [9.17, 15) is 15.2 Å². The van der Waals surface area contributed by atoms with Crippen LogP contribution in [0, 0.1) is 17.2 Å². The number of fused-ring (bicyclic) bond motifs is 1. The summed E-state index contributed by atoms with van der Waals surface area (Å²) in [5.74, 6) is -1.52. The van der Waals surface area contributed by atoms with Gasteiger partial charge in [-0.25, -0.2) is 0 Å². The summed E-state index contributed by atoms with van der Waals surface area (Å²) in [4.78, 5) is 12.0. The predicted molar refractivity (Wildman–Crippen MR) is 100 cm³/mol. The van der Waals surface area contributed by atoms with Gasteiger partial charge in [-0.3, -0.25) is 4.79 Å². The molecule has 0 aliphatic carbocycles. The van der Waals surface area contributed by atoms with E-state index >= 15 is 0 Å². The second-order valence-electron chi connectivity index (χ2n) is 6.21. The Bertz CT molecular complexity index is 1000. The minimum absolute atomic E-state index is 0.495. The molecule has 0 saturated carbocycles. The van der Waals surface area contributed by atoms with Crippen molar-refractivity contribution in [3.05, 3.63) is 77.9 Å². The molecule has 0 bridgehead atoms. The van der Waals surface area contributed by atoms with Gasteiger partial charge in [-0.1, -0.05) is 60.7 Å². The third-order valence-corrected chi connectivity index (χ3v) is 4.94. The number of carboxylic acids is 1. The Labute approximate surface area is 152 Å². The van der Waals surface area contributed by atoms with Gasteiger partial charge in [0.1, 0.15) is 11.2 Å². The van der Waals surface area contributed by atoms with Gasteiger partial charge in [0.2, 0.25) is 0 Å². The van der Waals surface area contributed by atoms with E-state index < -0.39 is 17.3 Å². The molecule has 3 aromatic rings. The molecule has 3 aromatic carbocycles. The van der Waals surface area contributed by atoms with Crippen molar-refractivity contribution in [3.63, 3.8) is 0 Å². The molecule has 4 nitrogen and oxygen atoms in total. The van der Waals surface area contributed by atoms with Crippen molar-refractivity contribution < 1.29 is 14.6 Å². The smallest absolute Gasteiger partial charge is 0.308 e. The van der Waals surface area contributed by atoms with Crippen molar-refractivity contribution in [1.29, 1.82) is 5.26 Å². The van der Waals surface area contributed by atoms with E-state index in [1.807, 2.05) is 42.5 Å². The lowest BCUT2D eigenvalue weighted by atomic mass is 9.66. The first-order valence-corrected chi connectivity index (χ1v) is 8.32. The molecule has 0 fully saturated rings. The number of ether oxygens (including phenoxy) is 1. The van der Waals surface area contributed by atoms with E-state index in [2.05, 4.69) is 6.07 Å². The molecule has 0 spiro atoms. The van der Waals surface area contributed by atoms with Crippen LogP contribution in [0.4, 0.5) is 0 Å². The Morgan fingerprint density at radius 3 is 2.35 bits per heavy atom. The third kappa shape index (κ3) is 2.58. The van der Waals surface area contributed by atoms with Crippen LogP contribution in [0.25, 0.3) is 10.8 Å². The van der Waals surface area contributed by atoms with E-state index in [-0.39, 0.29) is 0 Å². The highest BCUT2D eigenvalue weighted by Gasteiger charge is 2.46. The standard InChI is InChI=1S/C22H19NO3/c1-15(21(24)25)22(14-23,19-11-5-6-13-20(19)26-2)18-12-7-9-16-8-3-4-10-17(16)18/h3-13,15H,1-2H3,(H,24,25). The van der Waals surface area contributed by atoms with Crippen molar-refractivity contribution in [1.82, 2.24) is 0 Å². The van der Waals surface area contributed by atoms with Gasteiger partial charge in [0.25, 0.3) is 0 Å². The number of nitrogens with zero attached hydrogens (tertiary/aromatic N) is 1. The molecule has 4 heteroatoms. The van der Waals surface area contributed by atoms with Gasteiger partial charge in [-0.2, -0.15) is 5.26 Å². The van der Waals surface area contributed by atoms with Gasteiger partial charge in [0, 0.05) is 5.56 Å². The van der Waals surface area contributed by atoms with Gasteiger partial charge >= 0.3 is 5.97 Å². The summed E-state index contributed by atoms with van der Waals surface area (Å²) in [5.41, 5.74) is -0.173. The quantitative estimate of drug-likeness (QED) is 0.745. The van der Waals surface area contributed by atoms with Crippen LogP contribution < -0.4 is 4.74 Å². The predicted octanol–water partition coefficient (Wildman–Crippen LogP) is 4.38. The molecule has 1 N–H and O–H groups in total. The molecule has 2 atom stereocenters. The van der Waals surface area contributed by atoms with Crippen LogP contribution in [0.3, 0.4) is 0 Å². The average molecular weight is 345 g/mol. The molecule has 2 unspecified atom stereocenters. The maximum Gasteiger partial charge on any atom is 0.308 e. The Balaban J connectivity index is 2.46. The molecule has 0 aliphatic rings. The minimum atomic E-state index is -1.39. The van der Waals surface area contributed by atoms with Crippen molar-refractivity contribution >= 4 is 16.7 Å². The summed E-state index contributed by atoms with van der Waals surface area (Å²) < 4.78 is 5.47. The summed E-state index contributed by atoms with van der Waals surface area (Å²) in [6.07, 6.45) is 0. The number of methoxy groups -OCH3 is 1. The molecule has 0 amide bonds. The van der Waals surface area contributed by atoms with Crippen LogP contribution in [-0.2, 0) is 10.2 Å². The summed E-state index contributed by atoms with van der Waals surface area (Å²) in [7, 11) is 1.52. The van der Waals surface area contributed by atoms with E-state index in [0.717, 1.165) is 10.8 Å². The third-order valence-electron chi connectivity index (χ3n) is 4.94. The minimum Gasteiger partial charge on any atom is -0.496 e. The maximum atomic E-state index is 12.0. The second-order valence-corrected chi connectivity index (χ2v) is 6.21. The Morgan fingerprint density at radius 2 is 1.65 bits per heavy atom. The Hall–Kier alpha value is -3.32. The molecule has 0 heterocycles. The highest BCUT2D eigenvalue weighted by Crippen LogP contribution is 2.45. The summed E-state index contributed by atoms with van der Waals surface area (Å²) >= 11 is 0. The van der Waals surface area contributed by atoms with Crippen LogP contribution in [0.1, 0.15) is 18.1 Å². The largest absolute Gasteiger partial charge is 0.496 e. The van der Waals surface area contributed by atoms with Crippen molar-refractivity contribution in [2.45, 2.75) is 12.3 Å². The zero-order chi connectivity index (χ0) is 18.7. The van der Waals surface area contributed by atoms with Crippen LogP contribution >= 0.6 is 0 Å². The van der Waals surface area contributed by atoms with Gasteiger partial charge in [0.05, 0.1) is 19.1 Å². The van der Waals surface area contributed by atoms with Crippen LogP contribution in [0.5, 0.6) is 5.75 Å². The maximum absolute atomic E-state index is 12.0. The molecule has 3 rings (SSSR count). The van der Waals surface area contributed by atoms with Gasteiger partial charge in [-0.05, 0) is 29.3 Å². The number of aliphatic carboxylic acids is 1. The van der Waals surface area contributed by atoms with Crippen molar-refractivity contribution in [2.75, 3.05) is 7.11 Å². The Morgan fingerprint density at radius 1 is 1.04 bits per heavy atom. The highest BCUT2D eigenvalue weighted by atomic mass is 16.5. The zero-order valence-electron chi connectivity index (χ0n) is 14.6. The van der Waals surface area contributed by atoms with Gasteiger partial charge in [0.15, 0.2) is 0 Å². The fraction of sp³-hybridized carbons (Fsp3) is 0.182. The summed E-state index contributed by atoms with van der Waals surface area (Å²) in [6.45, 7) is 1.57. The van der Waals surface area contributed by atoms with Gasteiger partial charge < -0.3 is 9.84 Å². The number of carboxylic acid groups (broad SMARTS) is 1. The zero-order valence-corrected chi connectivity index (χ0v) is 14.6. The number of hydrogen-bond acceptors (Lipinski definition) is 3. The van der Waals surface area contributed by atoms with Crippen LogP contribution in [0.2, 0.25) is 0 Å². The highest BCUT2D eigenvalue weighted by molar-refractivity contribution is 5.89. The summed E-state index contributed by atoms with van der Waals surface area (Å²) in [6, 6.07) is 22.8. The number of carbonyl (C=O) groups is 1. The molecular formula is C22H19NO3. The molecule has 0 saturated heterocycles. The van der Waals surface area contributed by atoms with E-state index in [0.29, 0.717) is 16.9 Å². The van der Waals surface area contributed by atoms with Crippen molar-refractivity contribution in [3.8, 4) is 11.8 Å². The number of nitriles is 1. The normalized spacial score (nSPS) is 14.2. The lowest BCUT2D eigenvalue weighted by Crippen LogP contribution is -2.38. The topological polar surface area (TPSA) is 70.3 Å².